The highest BCUT2D eigenvalue weighted by Crippen LogP contribution is 2.51. The molecule has 0 saturated carbocycles. The second-order valence-corrected chi connectivity index (χ2v) is 5.51. The van der Waals surface area contributed by atoms with E-state index >= 15 is 0 Å². The molecule has 0 aliphatic rings. The van der Waals surface area contributed by atoms with Crippen LogP contribution in [0.1, 0.15) is 27.7 Å². The van der Waals surface area contributed by atoms with Gasteiger partial charge in [0.2, 0.25) is 5.52 Å². The fraction of sp³-hybridized carbons (Fsp3) is 0.727. The molecule has 0 fully saturated rings. The predicted molar refractivity (Wildman–Crippen MR) is 64.4 cm³/mol. The molecule has 4 nitrogen and oxygen atoms in total. The number of carbonyl (C=O) groups is 1. The second kappa shape index (κ2) is 7.00. The van der Waals surface area contributed by atoms with Gasteiger partial charge in [0.25, 0.3) is 0 Å². The van der Waals surface area contributed by atoms with Crippen LogP contribution in [0, 0.1) is 11.8 Å². The van der Waals surface area contributed by atoms with Gasteiger partial charge in [-0.15, -0.1) is 6.58 Å². The first kappa shape index (κ1) is 15.6. The van der Waals surface area contributed by atoms with E-state index in [9.17, 15) is 9.36 Å². The first-order valence-electron chi connectivity index (χ1n) is 5.49. The van der Waals surface area contributed by atoms with Crippen LogP contribution in [0.25, 0.3) is 0 Å². The summed E-state index contributed by atoms with van der Waals surface area (Å²) in [4.78, 5) is 12.0. The minimum atomic E-state index is -3.62. The average Bonchev–Trinajstić information content (AvgIpc) is 2.26. The third-order valence-corrected chi connectivity index (χ3v) is 4.56. The van der Waals surface area contributed by atoms with Gasteiger partial charge in [-0.05, 0) is 19.8 Å². The molecule has 0 amide bonds. The molecule has 0 aromatic carbocycles. The predicted octanol–water partition coefficient (Wildman–Crippen LogP) is 3.24. The van der Waals surface area contributed by atoms with Crippen molar-refractivity contribution in [3.8, 4) is 0 Å². The zero-order valence-electron chi connectivity index (χ0n) is 10.4. The van der Waals surface area contributed by atoms with E-state index in [1.807, 2.05) is 6.92 Å². The van der Waals surface area contributed by atoms with Gasteiger partial charge >= 0.3 is 7.60 Å². The van der Waals surface area contributed by atoms with Crippen LogP contribution in [0.15, 0.2) is 12.7 Å². The minimum absolute atomic E-state index is 0.0539. The average molecular weight is 248 g/mol. The molecular weight excluding hydrogens is 227 g/mol. The second-order valence-electron chi connectivity index (χ2n) is 3.55. The lowest BCUT2D eigenvalue weighted by atomic mass is 9.98. The molecule has 5 heteroatoms. The van der Waals surface area contributed by atoms with E-state index in [2.05, 4.69) is 6.58 Å². The van der Waals surface area contributed by atoms with Crippen molar-refractivity contribution in [3.05, 3.63) is 12.7 Å². The lowest BCUT2D eigenvalue weighted by Crippen LogP contribution is -2.20. The highest BCUT2D eigenvalue weighted by Gasteiger charge is 2.38. The molecule has 0 N–H and O–H groups in total. The zero-order chi connectivity index (χ0) is 12.8. The van der Waals surface area contributed by atoms with Crippen LogP contribution in [0.4, 0.5) is 0 Å². The summed E-state index contributed by atoms with van der Waals surface area (Å²) in [5, 5.41) is 0. The summed E-state index contributed by atoms with van der Waals surface area (Å²) in [6, 6.07) is 0. The Bertz CT molecular complexity index is 278. The van der Waals surface area contributed by atoms with E-state index in [0.717, 1.165) is 0 Å². The SMILES string of the molecule is C=C[C@H](C)[C@H](C)C(=O)P(=O)(OCC)OCC. The molecule has 0 aliphatic carbocycles. The molecule has 0 aromatic heterocycles. The molecule has 0 aliphatic heterocycles. The van der Waals surface area contributed by atoms with E-state index in [0.29, 0.717) is 0 Å². The molecule has 0 saturated heterocycles. The Morgan fingerprint density at radius 2 is 1.75 bits per heavy atom. The van der Waals surface area contributed by atoms with E-state index < -0.39 is 19.0 Å². The molecule has 0 radical (unpaired) electrons. The van der Waals surface area contributed by atoms with E-state index in [1.54, 1.807) is 26.8 Å². The Labute approximate surface area is 97.6 Å². The Morgan fingerprint density at radius 1 is 1.31 bits per heavy atom. The summed E-state index contributed by atoms with van der Waals surface area (Å²) in [6.45, 7) is 10.9. The summed E-state index contributed by atoms with van der Waals surface area (Å²) in [5.41, 5.74) is -0.469. The molecule has 0 spiro atoms. The maximum atomic E-state index is 12.1. The zero-order valence-corrected chi connectivity index (χ0v) is 11.3. The van der Waals surface area contributed by atoms with Gasteiger partial charge in [-0.2, -0.15) is 0 Å². The standard InChI is InChI=1S/C11H21O4P/c1-6-9(4)10(5)11(12)16(13,14-7-2)15-8-3/h6,9-10H,1,7-8H2,2-5H3/t9-,10-/m0/s1. The van der Waals surface area contributed by atoms with Gasteiger partial charge in [-0.3, -0.25) is 9.36 Å². The van der Waals surface area contributed by atoms with Gasteiger partial charge in [0.15, 0.2) is 0 Å². The van der Waals surface area contributed by atoms with Crippen molar-refractivity contribution in [1.82, 2.24) is 0 Å². The lowest BCUT2D eigenvalue weighted by molar-refractivity contribution is -0.117. The monoisotopic (exact) mass is 248 g/mol. The molecule has 0 bridgehead atoms. The van der Waals surface area contributed by atoms with Crippen LogP contribution < -0.4 is 0 Å². The molecule has 94 valence electrons. The van der Waals surface area contributed by atoms with Gasteiger partial charge < -0.3 is 9.05 Å². The van der Waals surface area contributed by atoms with Crippen molar-refractivity contribution >= 4 is 13.1 Å². The number of hydrogen-bond donors (Lipinski definition) is 0. The summed E-state index contributed by atoms with van der Waals surface area (Å²) >= 11 is 0. The Balaban J connectivity index is 4.87. The van der Waals surface area contributed by atoms with Crippen LogP contribution in [0.3, 0.4) is 0 Å². The van der Waals surface area contributed by atoms with Crippen molar-refractivity contribution in [2.45, 2.75) is 27.7 Å². The van der Waals surface area contributed by atoms with Crippen molar-refractivity contribution < 1.29 is 18.4 Å². The van der Waals surface area contributed by atoms with E-state index in [4.69, 9.17) is 9.05 Å². The van der Waals surface area contributed by atoms with Crippen LogP contribution >= 0.6 is 7.60 Å². The van der Waals surface area contributed by atoms with Crippen LogP contribution in [0.5, 0.6) is 0 Å². The van der Waals surface area contributed by atoms with E-state index in [1.165, 1.54) is 0 Å². The molecule has 2 atom stereocenters. The first-order valence-corrected chi connectivity index (χ1v) is 7.03. The molecule has 0 unspecified atom stereocenters. The topological polar surface area (TPSA) is 52.6 Å². The van der Waals surface area contributed by atoms with Crippen molar-refractivity contribution in [2.24, 2.45) is 11.8 Å². The van der Waals surface area contributed by atoms with Gasteiger partial charge in [0, 0.05) is 5.92 Å². The molecular formula is C11H21O4P. The molecule has 0 rings (SSSR count). The summed E-state index contributed by atoms with van der Waals surface area (Å²) in [7, 11) is -3.62. The van der Waals surface area contributed by atoms with Gasteiger partial charge in [-0.25, -0.2) is 0 Å². The van der Waals surface area contributed by atoms with Crippen LogP contribution in [0.2, 0.25) is 0 Å². The maximum Gasteiger partial charge on any atom is 0.396 e. The van der Waals surface area contributed by atoms with Gasteiger partial charge in [0.1, 0.15) is 0 Å². The largest absolute Gasteiger partial charge is 0.396 e. The normalized spacial score (nSPS) is 15.5. The Morgan fingerprint density at radius 3 is 2.06 bits per heavy atom. The van der Waals surface area contributed by atoms with Gasteiger partial charge in [0.05, 0.1) is 13.2 Å². The first-order chi connectivity index (χ1) is 7.42. The van der Waals surface area contributed by atoms with Crippen LogP contribution in [-0.2, 0) is 18.4 Å². The quantitative estimate of drug-likeness (QED) is 0.488. The summed E-state index contributed by atoms with van der Waals surface area (Å²) in [5.74, 6) is -0.469. The fourth-order valence-electron chi connectivity index (χ4n) is 1.18. The highest BCUT2D eigenvalue weighted by molar-refractivity contribution is 7.71. The van der Waals surface area contributed by atoms with Crippen molar-refractivity contribution in [3.63, 3.8) is 0 Å². The van der Waals surface area contributed by atoms with Crippen molar-refractivity contribution in [2.75, 3.05) is 13.2 Å². The minimum Gasteiger partial charge on any atom is -0.303 e. The number of allylic oxidation sites excluding steroid dienone is 1. The molecule has 0 heterocycles. The smallest absolute Gasteiger partial charge is 0.303 e. The van der Waals surface area contributed by atoms with Crippen molar-refractivity contribution in [1.29, 1.82) is 0 Å². The highest BCUT2D eigenvalue weighted by atomic mass is 31.2. The summed E-state index contributed by atoms with van der Waals surface area (Å²) < 4.78 is 22.1. The lowest BCUT2D eigenvalue weighted by Gasteiger charge is -2.21. The Hall–Kier alpha value is -0.440. The summed E-state index contributed by atoms with van der Waals surface area (Å²) in [6.07, 6.45) is 1.66. The number of carbonyl (C=O) groups excluding carboxylic acids is 1. The molecule has 16 heavy (non-hydrogen) atoms. The molecule has 0 aromatic rings. The fourth-order valence-corrected chi connectivity index (χ4v) is 2.93. The van der Waals surface area contributed by atoms with Crippen LogP contribution in [-0.4, -0.2) is 18.7 Å². The Kier molecular flexibility index (Phi) is 6.81. The van der Waals surface area contributed by atoms with E-state index in [-0.39, 0.29) is 19.1 Å². The number of hydrogen-bond acceptors (Lipinski definition) is 4. The maximum absolute atomic E-state index is 12.1. The third-order valence-electron chi connectivity index (χ3n) is 2.42. The third kappa shape index (κ3) is 3.85. The van der Waals surface area contributed by atoms with Gasteiger partial charge in [-0.1, -0.05) is 19.9 Å². The number of rotatable bonds is 8.